The third-order valence-electron chi connectivity index (χ3n) is 4.18. The molecule has 1 aromatic carbocycles. The Balaban J connectivity index is 1.97. The average Bonchev–Trinajstić information content (AvgIpc) is 2.96. The predicted molar refractivity (Wildman–Crippen MR) is 67.8 cm³/mol. The van der Waals surface area contributed by atoms with Crippen LogP contribution in [0.15, 0.2) is 41.0 Å². The number of benzene rings is 1. The van der Waals surface area contributed by atoms with E-state index in [1.54, 1.807) is 0 Å². The molecule has 1 aliphatic heterocycles. The van der Waals surface area contributed by atoms with Gasteiger partial charge in [0, 0.05) is 24.3 Å². The summed E-state index contributed by atoms with van der Waals surface area (Å²) in [7, 11) is 0. The molecule has 0 N–H and O–H groups in total. The molecular formula is C15H17N. The van der Waals surface area contributed by atoms with Gasteiger partial charge in [-0.3, -0.25) is 4.99 Å². The standard InChI is InChI=1S/C15H17N/c1-2-15(14-7-8-16-11-14)9-12-5-3-4-6-13(12)10-15/h3-6,8,11H,2,7,9-10H2,1H3. The van der Waals surface area contributed by atoms with Crippen LogP contribution in [0.5, 0.6) is 0 Å². The Morgan fingerprint density at radius 3 is 2.38 bits per heavy atom. The Morgan fingerprint density at radius 1 is 1.19 bits per heavy atom. The lowest BCUT2D eigenvalue weighted by Gasteiger charge is -2.28. The highest BCUT2D eigenvalue weighted by atomic mass is 14.7. The molecule has 0 saturated heterocycles. The highest BCUT2D eigenvalue weighted by Gasteiger charge is 2.38. The summed E-state index contributed by atoms with van der Waals surface area (Å²) in [6, 6.07) is 8.88. The van der Waals surface area contributed by atoms with Gasteiger partial charge in [-0.25, -0.2) is 0 Å². The molecule has 0 spiro atoms. The lowest BCUT2D eigenvalue weighted by molar-refractivity contribution is 0.359. The summed E-state index contributed by atoms with van der Waals surface area (Å²) in [6.45, 7) is 2.31. The number of rotatable bonds is 2. The number of hydrogen-bond donors (Lipinski definition) is 0. The zero-order chi connectivity index (χ0) is 11.0. The quantitative estimate of drug-likeness (QED) is 0.709. The van der Waals surface area contributed by atoms with Gasteiger partial charge in [0.15, 0.2) is 0 Å². The molecule has 82 valence electrons. The van der Waals surface area contributed by atoms with E-state index in [1.165, 1.54) is 36.0 Å². The Morgan fingerprint density at radius 2 is 1.88 bits per heavy atom. The lowest BCUT2D eigenvalue weighted by atomic mass is 9.75. The van der Waals surface area contributed by atoms with E-state index in [1.807, 2.05) is 6.21 Å². The van der Waals surface area contributed by atoms with Crippen LogP contribution < -0.4 is 0 Å². The van der Waals surface area contributed by atoms with E-state index in [4.69, 9.17) is 0 Å². The van der Waals surface area contributed by atoms with Crippen molar-refractivity contribution in [3.05, 3.63) is 47.2 Å². The second kappa shape index (κ2) is 3.58. The third kappa shape index (κ3) is 1.35. The molecule has 16 heavy (non-hydrogen) atoms. The van der Waals surface area contributed by atoms with E-state index < -0.39 is 0 Å². The number of nitrogens with zero attached hydrogens (tertiary/aromatic N) is 1. The number of hydrogen-bond acceptors (Lipinski definition) is 1. The van der Waals surface area contributed by atoms with Crippen LogP contribution in [-0.2, 0) is 12.8 Å². The molecule has 1 heteroatoms. The van der Waals surface area contributed by atoms with Crippen molar-refractivity contribution < 1.29 is 0 Å². The molecule has 0 aromatic heterocycles. The Hall–Kier alpha value is -1.37. The van der Waals surface area contributed by atoms with Crippen molar-refractivity contribution in [3.8, 4) is 0 Å². The minimum atomic E-state index is 0.361. The maximum Gasteiger partial charge on any atom is 0.0265 e. The van der Waals surface area contributed by atoms with Gasteiger partial charge < -0.3 is 0 Å². The van der Waals surface area contributed by atoms with Crippen LogP contribution in [0.1, 0.15) is 30.9 Å². The molecular weight excluding hydrogens is 194 g/mol. The summed E-state index contributed by atoms with van der Waals surface area (Å²) in [5.41, 5.74) is 4.97. The molecule has 0 radical (unpaired) electrons. The topological polar surface area (TPSA) is 12.4 Å². The minimum absolute atomic E-state index is 0.361. The number of fused-ring (bicyclic) bond motifs is 1. The zero-order valence-electron chi connectivity index (χ0n) is 9.74. The van der Waals surface area contributed by atoms with Crippen LogP contribution in [0.4, 0.5) is 0 Å². The fourth-order valence-electron chi connectivity index (χ4n) is 3.10. The number of aliphatic imine (C=N–C) groups is 1. The molecule has 0 bridgehead atoms. The maximum atomic E-state index is 4.28. The smallest absolute Gasteiger partial charge is 0.0265 e. The van der Waals surface area contributed by atoms with Crippen LogP contribution in [0.2, 0.25) is 0 Å². The molecule has 1 nitrogen and oxygen atoms in total. The van der Waals surface area contributed by atoms with Crippen molar-refractivity contribution in [2.45, 2.75) is 32.6 Å². The number of allylic oxidation sites excluding steroid dienone is 1. The van der Waals surface area contributed by atoms with Gasteiger partial charge in [0.25, 0.3) is 0 Å². The summed E-state index contributed by atoms with van der Waals surface area (Å²) in [5, 5.41) is 0. The Labute approximate surface area is 96.9 Å². The summed E-state index contributed by atoms with van der Waals surface area (Å²) < 4.78 is 0. The summed E-state index contributed by atoms with van der Waals surface area (Å²) in [4.78, 5) is 4.28. The van der Waals surface area contributed by atoms with Gasteiger partial charge in [-0.2, -0.15) is 0 Å². The van der Waals surface area contributed by atoms with Crippen LogP contribution >= 0.6 is 0 Å². The Kier molecular flexibility index (Phi) is 2.20. The summed E-state index contributed by atoms with van der Waals surface area (Å²) >= 11 is 0. The fourth-order valence-corrected chi connectivity index (χ4v) is 3.10. The van der Waals surface area contributed by atoms with E-state index in [2.05, 4.69) is 42.4 Å². The molecule has 1 aliphatic carbocycles. The maximum absolute atomic E-state index is 4.28. The van der Waals surface area contributed by atoms with Gasteiger partial charge in [0.1, 0.15) is 0 Å². The summed E-state index contributed by atoms with van der Waals surface area (Å²) in [6.07, 6.45) is 8.81. The van der Waals surface area contributed by atoms with Gasteiger partial charge in [-0.1, -0.05) is 31.2 Å². The largest absolute Gasteiger partial charge is 0.269 e. The molecule has 0 amide bonds. The second-order valence-electron chi connectivity index (χ2n) is 4.95. The first-order valence-corrected chi connectivity index (χ1v) is 6.12. The SMILES string of the molecule is CCC1(C2=CN=CC2)Cc2ccccc2C1. The van der Waals surface area contributed by atoms with E-state index in [-0.39, 0.29) is 0 Å². The van der Waals surface area contributed by atoms with Gasteiger partial charge in [-0.15, -0.1) is 0 Å². The van der Waals surface area contributed by atoms with Crippen LogP contribution in [0.3, 0.4) is 0 Å². The molecule has 0 fully saturated rings. The minimum Gasteiger partial charge on any atom is -0.269 e. The van der Waals surface area contributed by atoms with E-state index >= 15 is 0 Å². The van der Waals surface area contributed by atoms with Gasteiger partial charge >= 0.3 is 0 Å². The first-order chi connectivity index (χ1) is 7.84. The molecule has 1 aromatic rings. The van der Waals surface area contributed by atoms with E-state index in [0.717, 1.165) is 6.42 Å². The van der Waals surface area contributed by atoms with E-state index in [0.29, 0.717) is 5.41 Å². The zero-order valence-corrected chi connectivity index (χ0v) is 9.74. The molecule has 0 saturated carbocycles. The summed E-state index contributed by atoms with van der Waals surface area (Å²) in [5.74, 6) is 0. The molecule has 1 heterocycles. The predicted octanol–water partition coefficient (Wildman–Crippen LogP) is 3.54. The highest BCUT2D eigenvalue weighted by molar-refractivity contribution is 5.66. The molecule has 0 atom stereocenters. The van der Waals surface area contributed by atoms with Crippen LogP contribution in [0, 0.1) is 5.41 Å². The fraction of sp³-hybridized carbons (Fsp3) is 0.400. The van der Waals surface area contributed by atoms with Crippen molar-refractivity contribution in [1.29, 1.82) is 0 Å². The normalized spacial score (nSPS) is 20.9. The van der Waals surface area contributed by atoms with Gasteiger partial charge in [-0.05, 0) is 36.0 Å². The highest BCUT2D eigenvalue weighted by Crippen LogP contribution is 2.46. The molecule has 3 rings (SSSR count). The molecule has 2 aliphatic rings. The Bertz CT molecular complexity index is 443. The third-order valence-corrected chi connectivity index (χ3v) is 4.18. The average molecular weight is 211 g/mol. The van der Waals surface area contributed by atoms with E-state index in [9.17, 15) is 0 Å². The van der Waals surface area contributed by atoms with Crippen molar-refractivity contribution >= 4 is 6.21 Å². The van der Waals surface area contributed by atoms with Gasteiger partial charge in [0.2, 0.25) is 0 Å². The first kappa shape index (κ1) is 9.83. The van der Waals surface area contributed by atoms with Crippen molar-refractivity contribution in [2.75, 3.05) is 0 Å². The van der Waals surface area contributed by atoms with Gasteiger partial charge in [0.05, 0.1) is 0 Å². The first-order valence-electron chi connectivity index (χ1n) is 6.12. The lowest BCUT2D eigenvalue weighted by Crippen LogP contribution is -2.22. The van der Waals surface area contributed by atoms with Crippen molar-refractivity contribution in [1.82, 2.24) is 0 Å². The van der Waals surface area contributed by atoms with Crippen molar-refractivity contribution in [2.24, 2.45) is 10.4 Å². The van der Waals surface area contributed by atoms with Crippen molar-refractivity contribution in [3.63, 3.8) is 0 Å². The second-order valence-corrected chi connectivity index (χ2v) is 4.95. The van der Waals surface area contributed by atoms with Crippen LogP contribution in [-0.4, -0.2) is 6.21 Å². The van der Waals surface area contributed by atoms with Crippen LogP contribution in [0.25, 0.3) is 0 Å². The molecule has 0 unspecified atom stereocenters. The monoisotopic (exact) mass is 211 g/mol.